The summed E-state index contributed by atoms with van der Waals surface area (Å²) in [5, 5.41) is 0.762. The van der Waals surface area contributed by atoms with Gasteiger partial charge in [-0.2, -0.15) is 0 Å². The van der Waals surface area contributed by atoms with Gasteiger partial charge in [0.25, 0.3) is 10.0 Å². The number of carbonyl (C=O) groups is 1. The number of hydrogen-bond donors (Lipinski definition) is 1. The van der Waals surface area contributed by atoms with Crippen molar-refractivity contribution in [3.05, 3.63) is 78.8 Å². The molecule has 4 aromatic rings. The van der Waals surface area contributed by atoms with Crippen LogP contribution in [0.25, 0.3) is 22.0 Å². The van der Waals surface area contributed by atoms with Crippen LogP contribution in [0.15, 0.2) is 72.0 Å². The summed E-state index contributed by atoms with van der Waals surface area (Å²) < 4.78 is 61.2. The molecule has 0 radical (unpaired) electrons. The average Bonchev–Trinajstić information content (AvgIpc) is 2.99. The van der Waals surface area contributed by atoms with Gasteiger partial charge in [-0.1, -0.05) is 26.5 Å². The van der Waals surface area contributed by atoms with Gasteiger partial charge in [0.05, 0.1) is 12.6 Å². The number of amides is 1. The number of nitrogens with one attached hydrogen (secondary N) is 1. The monoisotopic (exact) mass is 608 g/mol. The highest BCUT2D eigenvalue weighted by Gasteiger charge is 2.26. The van der Waals surface area contributed by atoms with Crippen LogP contribution in [0.3, 0.4) is 0 Å². The molecular formula is C30H30F2N6O4S. The predicted octanol–water partition coefficient (Wildman–Crippen LogP) is 4.64. The number of ether oxygens (including phenoxy) is 1. The van der Waals surface area contributed by atoms with Crippen molar-refractivity contribution >= 4 is 38.3 Å². The van der Waals surface area contributed by atoms with E-state index in [0.717, 1.165) is 17.5 Å². The van der Waals surface area contributed by atoms with Crippen LogP contribution >= 0.6 is 0 Å². The van der Waals surface area contributed by atoms with Crippen LogP contribution in [0.4, 0.5) is 20.3 Å². The molecule has 0 aliphatic carbocycles. The number of sulfonamides is 1. The summed E-state index contributed by atoms with van der Waals surface area (Å²) in [4.78, 5) is 29.1. The zero-order valence-corrected chi connectivity index (χ0v) is 24.7. The summed E-state index contributed by atoms with van der Waals surface area (Å²) in [6, 6.07) is 9.23. The molecule has 224 valence electrons. The number of rotatable bonds is 8. The highest BCUT2D eigenvalue weighted by Crippen LogP contribution is 2.33. The smallest absolute Gasteiger partial charge is 0.264 e. The maximum atomic E-state index is 14.3. The second-order valence-corrected chi connectivity index (χ2v) is 12.0. The van der Waals surface area contributed by atoms with Gasteiger partial charge in [-0.25, -0.2) is 32.2 Å². The molecule has 0 bridgehead atoms. The normalized spacial score (nSPS) is 13.8. The molecule has 1 aliphatic rings. The quantitative estimate of drug-likeness (QED) is 0.288. The van der Waals surface area contributed by atoms with Crippen molar-refractivity contribution in [3.63, 3.8) is 0 Å². The first-order chi connectivity index (χ1) is 20.5. The Morgan fingerprint density at radius 3 is 2.42 bits per heavy atom. The molecule has 10 nitrogen and oxygen atoms in total. The van der Waals surface area contributed by atoms with E-state index in [-0.39, 0.29) is 23.4 Å². The fourth-order valence-corrected chi connectivity index (χ4v) is 5.89. The molecule has 1 amide bonds. The van der Waals surface area contributed by atoms with Gasteiger partial charge in [-0.3, -0.25) is 9.52 Å². The molecule has 2 aromatic carbocycles. The molecule has 3 heterocycles. The summed E-state index contributed by atoms with van der Waals surface area (Å²) in [6.45, 7) is 10.0. The molecule has 0 spiro atoms. The molecule has 2 aromatic heterocycles. The topological polar surface area (TPSA) is 118 Å². The average molecular weight is 609 g/mol. The number of anilines is 2. The minimum absolute atomic E-state index is 0.0304. The van der Waals surface area contributed by atoms with Gasteiger partial charge in [0.2, 0.25) is 11.8 Å². The lowest BCUT2D eigenvalue weighted by atomic mass is 10.0. The molecule has 43 heavy (non-hydrogen) atoms. The van der Waals surface area contributed by atoms with Gasteiger partial charge in [0, 0.05) is 55.0 Å². The van der Waals surface area contributed by atoms with Gasteiger partial charge in [-0.05, 0) is 41.8 Å². The van der Waals surface area contributed by atoms with E-state index in [0.29, 0.717) is 60.3 Å². The minimum Gasteiger partial charge on any atom is -0.480 e. The first kappa shape index (κ1) is 29.8. The lowest BCUT2D eigenvalue weighted by molar-refractivity contribution is -0.127. The second kappa shape index (κ2) is 11.9. The van der Waals surface area contributed by atoms with Crippen molar-refractivity contribution in [3.8, 4) is 17.0 Å². The van der Waals surface area contributed by atoms with E-state index < -0.39 is 26.6 Å². The first-order valence-electron chi connectivity index (χ1n) is 13.5. The molecule has 0 saturated carbocycles. The Labute approximate surface area is 248 Å². The van der Waals surface area contributed by atoms with E-state index in [1.165, 1.54) is 25.7 Å². The molecular weight excluding hydrogens is 578 g/mol. The van der Waals surface area contributed by atoms with Gasteiger partial charge < -0.3 is 14.5 Å². The number of hydrogen-bond acceptors (Lipinski definition) is 8. The number of pyridine rings is 1. The number of nitrogens with zero attached hydrogens (tertiary/aromatic N) is 5. The SMILES string of the molecule is C=C(C(=O)N1CCN(c2ncnc3ccc(-c4cnc(OC)c(NS(=O)(=O)c5ccc(F)cc5F)c4)cc23)CC1)C(C)C. The van der Waals surface area contributed by atoms with Crippen molar-refractivity contribution in [1.82, 2.24) is 19.9 Å². The van der Waals surface area contributed by atoms with Gasteiger partial charge in [0.1, 0.15) is 34.4 Å². The standard InChI is InChI=1S/C30H30F2N6O4S/c1-18(2)19(3)30(39)38-11-9-37(10-12-38)28-23-13-20(5-7-25(23)34-17-35-28)21-14-26(29(42-4)33-16-21)36-43(40,41)27-8-6-22(31)15-24(27)32/h5-8,13-18,36H,3,9-12H2,1-2,4H3. The lowest BCUT2D eigenvalue weighted by Crippen LogP contribution is -2.49. The van der Waals surface area contributed by atoms with Crippen molar-refractivity contribution in [2.24, 2.45) is 5.92 Å². The largest absolute Gasteiger partial charge is 0.480 e. The van der Waals surface area contributed by atoms with E-state index >= 15 is 0 Å². The third kappa shape index (κ3) is 6.12. The summed E-state index contributed by atoms with van der Waals surface area (Å²) in [7, 11) is -3.12. The number of methoxy groups -OCH3 is 1. The highest BCUT2D eigenvalue weighted by molar-refractivity contribution is 7.92. The molecule has 1 fully saturated rings. The van der Waals surface area contributed by atoms with E-state index in [2.05, 4.69) is 31.2 Å². The summed E-state index contributed by atoms with van der Waals surface area (Å²) in [5.74, 6) is -1.42. The summed E-state index contributed by atoms with van der Waals surface area (Å²) >= 11 is 0. The van der Waals surface area contributed by atoms with Crippen LogP contribution in [0.2, 0.25) is 0 Å². The Bertz CT molecular complexity index is 1830. The Morgan fingerprint density at radius 1 is 1.00 bits per heavy atom. The van der Waals surface area contributed by atoms with Crippen LogP contribution in [0.1, 0.15) is 13.8 Å². The summed E-state index contributed by atoms with van der Waals surface area (Å²) in [5.41, 5.74) is 2.49. The maximum absolute atomic E-state index is 14.3. The minimum atomic E-state index is -4.44. The van der Waals surface area contributed by atoms with Crippen molar-refractivity contribution in [1.29, 1.82) is 0 Å². The third-order valence-corrected chi connectivity index (χ3v) is 8.66. The first-order valence-corrected chi connectivity index (χ1v) is 15.0. The van der Waals surface area contributed by atoms with Crippen LogP contribution in [0.5, 0.6) is 5.88 Å². The number of piperazine rings is 1. The van der Waals surface area contributed by atoms with Crippen molar-refractivity contribution < 1.29 is 26.7 Å². The highest BCUT2D eigenvalue weighted by atomic mass is 32.2. The molecule has 1 N–H and O–H groups in total. The Kier molecular flexibility index (Phi) is 8.27. The molecule has 13 heteroatoms. The second-order valence-electron chi connectivity index (χ2n) is 10.3. The van der Waals surface area contributed by atoms with Crippen molar-refractivity contribution in [2.75, 3.05) is 42.9 Å². The Balaban J connectivity index is 1.44. The number of halogens is 2. The Hall–Kier alpha value is -4.65. The number of fused-ring (bicyclic) bond motifs is 1. The van der Waals surface area contributed by atoms with Crippen molar-refractivity contribution in [2.45, 2.75) is 18.7 Å². The number of carbonyl (C=O) groups excluding carboxylic acids is 1. The molecule has 1 aliphatic heterocycles. The molecule has 1 saturated heterocycles. The molecule has 0 unspecified atom stereocenters. The zero-order chi connectivity index (χ0) is 30.9. The Morgan fingerprint density at radius 2 is 1.74 bits per heavy atom. The van der Waals surface area contributed by atoms with Gasteiger partial charge in [-0.15, -0.1) is 0 Å². The summed E-state index contributed by atoms with van der Waals surface area (Å²) in [6.07, 6.45) is 3.01. The van der Waals surface area contributed by atoms with E-state index in [9.17, 15) is 22.0 Å². The fraction of sp³-hybridized carbons (Fsp3) is 0.267. The van der Waals surface area contributed by atoms with Gasteiger partial charge in [0.15, 0.2) is 0 Å². The van der Waals surface area contributed by atoms with Crippen LogP contribution < -0.4 is 14.4 Å². The predicted molar refractivity (Wildman–Crippen MR) is 159 cm³/mol. The van der Waals surface area contributed by atoms with Gasteiger partial charge >= 0.3 is 0 Å². The van der Waals surface area contributed by atoms with Crippen LogP contribution in [0, 0.1) is 17.6 Å². The van der Waals surface area contributed by atoms with E-state index in [1.807, 2.05) is 32.0 Å². The number of aromatic nitrogens is 3. The van der Waals surface area contributed by atoms with Crippen LogP contribution in [-0.4, -0.2) is 67.5 Å². The van der Waals surface area contributed by atoms with E-state index in [4.69, 9.17) is 4.74 Å². The maximum Gasteiger partial charge on any atom is 0.264 e. The third-order valence-electron chi connectivity index (χ3n) is 7.26. The van der Waals surface area contributed by atoms with E-state index in [1.54, 1.807) is 4.90 Å². The molecule has 0 atom stereocenters. The molecule has 5 rings (SSSR count). The number of benzene rings is 2. The van der Waals surface area contributed by atoms with Crippen LogP contribution in [-0.2, 0) is 14.8 Å². The zero-order valence-electron chi connectivity index (χ0n) is 23.8. The lowest BCUT2D eigenvalue weighted by Gasteiger charge is -2.36. The fourth-order valence-electron chi connectivity index (χ4n) is 4.78.